The number of amides is 2. The van der Waals surface area contributed by atoms with Crippen LogP contribution in [0.5, 0.6) is 0 Å². The van der Waals surface area contributed by atoms with Crippen molar-refractivity contribution in [1.82, 2.24) is 10.2 Å². The molecule has 2 aromatic rings. The van der Waals surface area contributed by atoms with Gasteiger partial charge in [-0.3, -0.25) is 9.59 Å². The van der Waals surface area contributed by atoms with E-state index in [-0.39, 0.29) is 18.0 Å². The molecule has 0 radical (unpaired) electrons. The Bertz CT molecular complexity index is 724. The van der Waals surface area contributed by atoms with E-state index in [0.717, 1.165) is 11.1 Å². The van der Waals surface area contributed by atoms with Gasteiger partial charge in [-0.1, -0.05) is 18.2 Å². The molecule has 2 amide bonds. The van der Waals surface area contributed by atoms with E-state index in [9.17, 15) is 14.0 Å². The minimum absolute atomic E-state index is 0.0232. The van der Waals surface area contributed by atoms with E-state index in [1.807, 2.05) is 0 Å². The number of benzene rings is 2. The predicted molar refractivity (Wildman–Crippen MR) is 86.8 cm³/mol. The minimum Gasteiger partial charge on any atom is -0.348 e. The Morgan fingerprint density at radius 2 is 1.74 bits per heavy atom. The summed E-state index contributed by atoms with van der Waals surface area (Å²) in [5.74, 6) is -1.08. The van der Waals surface area contributed by atoms with Crippen molar-refractivity contribution in [3.05, 3.63) is 70.5 Å². The molecule has 1 N–H and O–H groups in total. The molecule has 5 heteroatoms. The number of carbonyl (C=O) groups is 2. The molecular weight excluding hydrogens is 295 g/mol. The molecule has 23 heavy (non-hydrogen) atoms. The topological polar surface area (TPSA) is 49.4 Å². The highest BCUT2D eigenvalue weighted by molar-refractivity contribution is 5.95. The number of nitrogens with zero attached hydrogens (tertiary/aromatic N) is 1. The normalized spacial score (nSPS) is 10.3. The van der Waals surface area contributed by atoms with Crippen LogP contribution in [0.15, 0.2) is 42.5 Å². The summed E-state index contributed by atoms with van der Waals surface area (Å²) < 4.78 is 13.7. The number of halogens is 1. The van der Waals surface area contributed by atoms with Gasteiger partial charge in [-0.25, -0.2) is 4.39 Å². The summed E-state index contributed by atoms with van der Waals surface area (Å²) in [6.45, 7) is 2.03. The van der Waals surface area contributed by atoms with Crippen LogP contribution in [-0.4, -0.2) is 30.8 Å². The predicted octanol–water partition coefficient (Wildman–Crippen LogP) is 2.77. The largest absolute Gasteiger partial charge is 0.348 e. The van der Waals surface area contributed by atoms with Crippen molar-refractivity contribution in [1.29, 1.82) is 0 Å². The Hall–Kier alpha value is -2.69. The van der Waals surface area contributed by atoms with Crippen molar-refractivity contribution in [2.75, 3.05) is 14.1 Å². The van der Waals surface area contributed by atoms with Crippen LogP contribution in [0.3, 0.4) is 0 Å². The monoisotopic (exact) mass is 314 g/mol. The lowest BCUT2D eigenvalue weighted by molar-refractivity contribution is 0.0827. The highest BCUT2D eigenvalue weighted by Gasteiger charge is 2.12. The van der Waals surface area contributed by atoms with Crippen LogP contribution in [0, 0.1) is 12.7 Å². The number of aryl methyl sites for hydroxylation is 1. The number of rotatable bonds is 4. The van der Waals surface area contributed by atoms with Gasteiger partial charge in [-0.05, 0) is 42.3 Å². The van der Waals surface area contributed by atoms with Crippen LogP contribution in [0.1, 0.15) is 31.8 Å². The lowest BCUT2D eigenvalue weighted by Crippen LogP contribution is -2.24. The third kappa shape index (κ3) is 4.16. The van der Waals surface area contributed by atoms with Crippen LogP contribution in [0.2, 0.25) is 0 Å². The summed E-state index contributed by atoms with van der Waals surface area (Å²) in [7, 11) is 3.37. The number of carbonyl (C=O) groups excluding carboxylic acids is 2. The summed E-state index contributed by atoms with van der Waals surface area (Å²) in [6.07, 6.45) is 0. The standard InChI is InChI=1S/C18H19FN2O2/c1-12-4-9-15(16(19)10-12)17(22)20-11-13-5-7-14(8-6-13)18(23)21(2)3/h4-10H,11H2,1-3H3,(H,20,22). The smallest absolute Gasteiger partial charge is 0.254 e. The van der Waals surface area contributed by atoms with Gasteiger partial charge in [0, 0.05) is 26.2 Å². The zero-order valence-electron chi connectivity index (χ0n) is 13.4. The number of hydrogen-bond donors (Lipinski definition) is 1. The molecule has 0 unspecified atom stereocenters. The highest BCUT2D eigenvalue weighted by Crippen LogP contribution is 2.11. The Morgan fingerprint density at radius 3 is 2.30 bits per heavy atom. The zero-order chi connectivity index (χ0) is 17.0. The molecule has 0 aliphatic heterocycles. The zero-order valence-corrected chi connectivity index (χ0v) is 13.4. The second-order valence-corrected chi connectivity index (χ2v) is 5.56. The van der Waals surface area contributed by atoms with Gasteiger partial charge in [0.05, 0.1) is 5.56 Å². The first-order chi connectivity index (χ1) is 10.9. The molecule has 0 spiro atoms. The summed E-state index contributed by atoms with van der Waals surface area (Å²) in [5.41, 5.74) is 2.20. The molecule has 0 saturated carbocycles. The SMILES string of the molecule is Cc1ccc(C(=O)NCc2ccc(C(=O)N(C)C)cc2)c(F)c1. The summed E-state index contributed by atoms with van der Waals surface area (Å²) >= 11 is 0. The third-order valence-corrected chi connectivity index (χ3v) is 3.43. The van der Waals surface area contributed by atoms with E-state index >= 15 is 0 Å². The van der Waals surface area contributed by atoms with E-state index in [1.165, 1.54) is 17.0 Å². The molecule has 0 aliphatic carbocycles. The van der Waals surface area contributed by atoms with Crippen molar-refractivity contribution in [3.63, 3.8) is 0 Å². The maximum atomic E-state index is 13.7. The van der Waals surface area contributed by atoms with Gasteiger partial charge >= 0.3 is 0 Å². The van der Waals surface area contributed by atoms with Gasteiger partial charge in [-0.2, -0.15) is 0 Å². The Kier molecular flexibility index (Phi) is 5.11. The number of nitrogens with one attached hydrogen (secondary N) is 1. The Balaban J connectivity index is 2.00. The van der Waals surface area contributed by atoms with E-state index in [2.05, 4.69) is 5.32 Å². The van der Waals surface area contributed by atoms with Crippen LogP contribution >= 0.6 is 0 Å². The summed E-state index contributed by atoms with van der Waals surface area (Å²) in [4.78, 5) is 25.3. The fourth-order valence-corrected chi connectivity index (χ4v) is 2.11. The van der Waals surface area contributed by atoms with Gasteiger partial charge in [0.15, 0.2) is 0 Å². The molecule has 0 fully saturated rings. The fraction of sp³-hybridized carbons (Fsp3) is 0.222. The molecule has 0 aliphatic rings. The maximum Gasteiger partial charge on any atom is 0.254 e. The van der Waals surface area contributed by atoms with Crippen molar-refractivity contribution in [2.24, 2.45) is 0 Å². The van der Waals surface area contributed by atoms with Gasteiger partial charge in [-0.15, -0.1) is 0 Å². The van der Waals surface area contributed by atoms with Crippen LogP contribution in [0.4, 0.5) is 4.39 Å². The molecule has 4 nitrogen and oxygen atoms in total. The molecule has 2 rings (SSSR count). The molecule has 2 aromatic carbocycles. The molecule has 0 atom stereocenters. The lowest BCUT2D eigenvalue weighted by atomic mass is 10.1. The summed E-state index contributed by atoms with van der Waals surface area (Å²) in [6, 6.07) is 11.4. The minimum atomic E-state index is -0.533. The molecular formula is C18H19FN2O2. The van der Waals surface area contributed by atoms with Gasteiger partial charge in [0.2, 0.25) is 0 Å². The summed E-state index contributed by atoms with van der Waals surface area (Å²) in [5, 5.41) is 2.67. The second kappa shape index (κ2) is 7.05. The van der Waals surface area contributed by atoms with Crippen LogP contribution < -0.4 is 5.32 Å². The molecule has 0 aromatic heterocycles. The third-order valence-electron chi connectivity index (χ3n) is 3.43. The quantitative estimate of drug-likeness (QED) is 0.943. The average molecular weight is 314 g/mol. The van der Waals surface area contributed by atoms with Gasteiger partial charge in [0.25, 0.3) is 11.8 Å². The van der Waals surface area contributed by atoms with Crippen molar-refractivity contribution < 1.29 is 14.0 Å². The van der Waals surface area contributed by atoms with Gasteiger partial charge < -0.3 is 10.2 Å². The first kappa shape index (κ1) is 16.7. The lowest BCUT2D eigenvalue weighted by Gasteiger charge is -2.11. The molecule has 0 saturated heterocycles. The fourth-order valence-electron chi connectivity index (χ4n) is 2.11. The van der Waals surface area contributed by atoms with Crippen molar-refractivity contribution in [3.8, 4) is 0 Å². The second-order valence-electron chi connectivity index (χ2n) is 5.56. The highest BCUT2D eigenvalue weighted by atomic mass is 19.1. The average Bonchev–Trinajstić information content (AvgIpc) is 2.52. The first-order valence-corrected chi connectivity index (χ1v) is 7.23. The number of hydrogen-bond acceptors (Lipinski definition) is 2. The van der Waals surface area contributed by atoms with E-state index in [0.29, 0.717) is 5.56 Å². The van der Waals surface area contributed by atoms with E-state index in [4.69, 9.17) is 0 Å². The Morgan fingerprint density at radius 1 is 1.09 bits per heavy atom. The first-order valence-electron chi connectivity index (χ1n) is 7.23. The van der Waals surface area contributed by atoms with Crippen molar-refractivity contribution >= 4 is 11.8 Å². The van der Waals surface area contributed by atoms with Crippen molar-refractivity contribution in [2.45, 2.75) is 13.5 Å². The van der Waals surface area contributed by atoms with Gasteiger partial charge in [0.1, 0.15) is 5.82 Å². The molecule has 0 heterocycles. The Labute approximate surface area is 134 Å². The van der Waals surface area contributed by atoms with Crippen LogP contribution in [0.25, 0.3) is 0 Å². The maximum absolute atomic E-state index is 13.7. The molecule has 0 bridgehead atoms. The van der Waals surface area contributed by atoms with Crippen LogP contribution in [-0.2, 0) is 6.54 Å². The van der Waals surface area contributed by atoms with E-state index in [1.54, 1.807) is 51.4 Å². The molecule has 120 valence electrons. The van der Waals surface area contributed by atoms with E-state index < -0.39 is 11.7 Å².